The number of likely N-dealkylation sites (tertiary alicyclic amines) is 1. The highest BCUT2D eigenvalue weighted by atomic mass is 32.1. The molecule has 1 aromatic carbocycles. The summed E-state index contributed by atoms with van der Waals surface area (Å²) < 4.78 is 13.7. The molecule has 0 unspecified atom stereocenters. The van der Waals surface area contributed by atoms with Crippen LogP contribution in [0.25, 0.3) is 11.1 Å². The van der Waals surface area contributed by atoms with Gasteiger partial charge in [-0.3, -0.25) is 10.2 Å². The van der Waals surface area contributed by atoms with E-state index in [1.54, 1.807) is 13.1 Å². The van der Waals surface area contributed by atoms with Crippen LogP contribution in [0, 0.1) is 22.6 Å². The fourth-order valence-electron chi connectivity index (χ4n) is 2.95. The Hall–Kier alpha value is -2.52. The average Bonchev–Trinajstić information content (AvgIpc) is 3.03. The summed E-state index contributed by atoms with van der Waals surface area (Å²) in [5, 5.41) is 18.9. The average molecular weight is 341 g/mol. The predicted molar refractivity (Wildman–Crippen MR) is 91.5 cm³/mol. The molecule has 1 atom stereocenters. The molecule has 1 saturated heterocycles. The summed E-state index contributed by atoms with van der Waals surface area (Å²) in [4.78, 5) is 14.5. The maximum Gasteiger partial charge on any atom is 0.228 e. The van der Waals surface area contributed by atoms with E-state index >= 15 is 0 Å². The molecule has 1 aliphatic heterocycles. The number of hydrogen-bond donors (Lipinski definition) is 1. The van der Waals surface area contributed by atoms with Crippen molar-refractivity contribution in [2.24, 2.45) is 0 Å². The third-order valence-corrected chi connectivity index (χ3v) is 5.67. The summed E-state index contributed by atoms with van der Waals surface area (Å²) in [6.45, 7) is 1.98. The molecule has 1 amide bonds. The van der Waals surface area contributed by atoms with Gasteiger partial charge in [0.15, 0.2) is 0 Å². The number of amidine groups is 1. The number of hydrogen-bond acceptors (Lipinski definition) is 4. The molecule has 2 heterocycles. The van der Waals surface area contributed by atoms with Crippen LogP contribution in [0.4, 0.5) is 4.39 Å². The van der Waals surface area contributed by atoms with Gasteiger partial charge in [0.1, 0.15) is 11.7 Å². The number of benzene rings is 1. The molecule has 6 heteroatoms. The zero-order chi connectivity index (χ0) is 17.5. The van der Waals surface area contributed by atoms with Crippen molar-refractivity contribution in [2.75, 3.05) is 7.05 Å². The third-order valence-electron chi connectivity index (χ3n) is 4.43. The highest BCUT2D eigenvalue weighted by molar-refractivity contribution is 7.10. The Labute approximate surface area is 143 Å². The molecule has 0 aliphatic carbocycles. The van der Waals surface area contributed by atoms with Crippen molar-refractivity contribution in [1.82, 2.24) is 4.90 Å². The minimum atomic E-state index is -0.445. The molecule has 1 aliphatic rings. The first-order valence-electron chi connectivity index (χ1n) is 7.46. The van der Waals surface area contributed by atoms with Crippen molar-refractivity contribution >= 4 is 23.1 Å². The van der Waals surface area contributed by atoms with Crippen LogP contribution in [0.2, 0.25) is 0 Å². The fraction of sp³-hybridized carbons (Fsp3) is 0.278. The van der Waals surface area contributed by atoms with Crippen LogP contribution in [-0.2, 0) is 10.2 Å². The van der Waals surface area contributed by atoms with Gasteiger partial charge in [-0.2, -0.15) is 5.26 Å². The molecule has 0 saturated carbocycles. The highest BCUT2D eigenvalue weighted by Gasteiger charge is 2.39. The first-order valence-corrected chi connectivity index (χ1v) is 8.34. The van der Waals surface area contributed by atoms with Crippen LogP contribution in [-0.4, -0.2) is 23.7 Å². The SMILES string of the molecule is CN1C(=N)C[C@@](C)(c2cc(-c3cc(F)cc(C#N)c3)cs2)CC1=O. The highest BCUT2D eigenvalue weighted by Crippen LogP contribution is 2.41. The number of nitrogens with one attached hydrogen (secondary N) is 1. The van der Waals surface area contributed by atoms with Crippen LogP contribution in [0.5, 0.6) is 0 Å². The van der Waals surface area contributed by atoms with Gasteiger partial charge in [-0.15, -0.1) is 11.3 Å². The Morgan fingerprint density at radius 2 is 2.04 bits per heavy atom. The monoisotopic (exact) mass is 341 g/mol. The minimum Gasteiger partial charge on any atom is -0.304 e. The maximum absolute atomic E-state index is 13.7. The minimum absolute atomic E-state index is 0.0683. The Bertz CT molecular complexity index is 863. The van der Waals surface area contributed by atoms with Crippen LogP contribution >= 0.6 is 11.3 Å². The van der Waals surface area contributed by atoms with Gasteiger partial charge in [0.05, 0.1) is 11.6 Å². The molecule has 4 nitrogen and oxygen atoms in total. The Kier molecular flexibility index (Phi) is 3.98. The third kappa shape index (κ3) is 2.83. The first-order chi connectivity index (χ1) is 11.3. The van der Waals surface area contributed by atoms with E-state index in [0.717, 1.165) is 10.4 Å². The van der Waals surface area contributed by atoms with E-state index in [2.05, 4.69) is 0 Å². The fourth-order valence-corrected chi connectivity index (χ4v) is 4.03. The number of nitrogens with zero attached hydrogens (tertiary/aromatic N) is 2. The van der Waals surface area contributed by atoms with Crippen molar-refractivity contribution in [1.29, 1.82) is 10.7 Å². The van der Waals surface area contributed by atoms with Gasteiger partial charge in [-0.1, -0.05) is 6.92 Å². The molecule has 1 N–H and O–H groups in total. The van der Waals surface area contributed by atoms with Crippen LogP contribution in [0.3, 0.4) is 0 Å². The van der Waals surface area contributed by atoms with Crippen LogP contribution < -0.4 is 0 Å². The second-order valence-electron chi connectivity index (χ2n) is 6.35. The number of nitriles is 1. The summed E-state index contributed by atoms with van der Waals surface area (Å²) in [6.07, 6.45) is 0.834. The largest absolute Gasteiger partial charge is 0.304 e. The second-order valence-corrected chi connectivity index (χ2v) is 7.26. The van der Waals surface area contributed by atoms with Crippen molar-refractivity contribution in [3.8, 4) is 17.2 Å². The summed E-state index contributed by atoms with van der Waals surface area (Å²) in [5.74, 6) is -0.207. The number of carbonyl (C=O) groups is 1. The molecule has 0 bridgehead atoms. The van der Waals surface area contributed by atoms with E-state index in [4.69, 9.17) is 10.7 Å². The summed E-state index contributed by atoms with van der Waals surface area (Å²) in [7, 11) is 1.63. The molecular weight excluding hydrogens is 325 g/mol. The van der Waals surface area contributed by atoms with E-state index in [9.17, 15) is 9.18 Å². The van der Waals surface area contributed by atoms with Crippen LogP contribution in [0.1, 0.15) is 30.2 Å². The molecule has 1 aromatic heterocycles. The van der Waals surface area contributed by atoms with Gasteiger partial charge >= 0.3 is 0 Å². The molecule has 1 fully saturated rings. The summed E-state index contributed by atoms with van der Waals surface area (Å²) in [6, 6.07) is 8.15. The van der Waals surface area contributed by atoms with Gasteiger partial charge < -0.3 is 4.90 Å². The van der Waals surface area contributed by atoms with Crippen molar-refractivity contribution in [3.63, 3.8) is 0 Å². The van der Waals surface area contributed by atoms with Gasteiger partial charge in [0, 0.05) is 30.2 Å². The number of halogens is 1. The Balaban J connectivity index is 1.97. The van der Waals surface area contributed by atoms with Gasteiger partial charge in [0.2, 0.25) is 5.91 Å². The molecule has 2 aromatic rings. The zero-order valence-corrected chi connectivity index (χ0v) is 14.2. The number of carbonyl (C=O) groups excluding carboxylic acids is 1. The summed E-state index contributed by atoms with van der Waals surface area (Å²) in [5.41, 5.74) is 1.33. The van der Waals surface area contributed by atoms with Crippen molar-refractivity contribution < 1.29 is 9.18 Å². The molecule has 24 heavy (non-hydrogen) atoms. The van der Waals surface area contributed by atoms with E-state index in [-0.39, 0.29) is 11.5 Å². The van der Waals surface area contributed by atoms with Crippen LogP contribution in [0.15, 0.2) is 29.6 Å². The zero-order valence-electron chi connectivity index (χ0n) is 13.4. The number of piperidine rings is 1. The number of amides is 1. The Morgan fingerprint density at radius 3 is 2.71 bits per heavy atom. The van der Waals surface area contributed by atoms with E-state index in [0.29, 0.717) is 24.2 Å². The quantitative estimate of drug-likeness (QED) is 0.900. The lowest BCUT2D eigenvalue weighted by Crippen LogP contribution is -2.46. The lowest BCUT2D eigenvalue weighted by molar-refractivity contribution is -0.128. The van der Waals surface area contributed by atoms with E-state index in [1.165, 1.54) is 28.4 Å². The number of thiophene rings is 1. The molecular formula is C18H16FN3OS. The predicted octanol–water partition coefficient (Wildman–Crippen LogP) is 3.91. The van der Waals surface area contributed by atoms with Gasteiger partial charge in [-0.25, -0.2) is 4.39 Å². The Morgan fingerprint density at radius 1 is 1.29 bits per heavy atom. The van der Waals surface area contributed by atoms with E-state index in [1.807, 2.05) is 24.4 Å². The second kappa shape index (κ2) is 5.84. The molecule has 0 radical (unpaired) electrons. The molecule has 3 rings (SSSR count). The van der Waals surface area contributed by atoms with Gasteiger partial charge in [-0.05, 0) is 40.8 Å². The lowest BCUT2D eigenvalue weighted by Gasteiger charge is -2.36. The molecule has 0 spiro atoms. The topological polar surface area (TPSA) is 68.0 Å². The number of rotatable bonds is 2. The first kappa shape index (κ1) is 16.3. The standard InChI is InChI=1S/C18H16FN3OS/c1-18(7-16(21)22(2)17(23)8-18)15-6-13(10-24-15)12-3-11(9-20)4-14(19)5-12/h3-6,10,21H,7-8H2,1-2H3/t18-/m1/s1. The summed E-state index contributed by atoms with van der Waals surface area (Å²) >= 11 is 1.50. The normalized spacial score (nSPS) is 21.0. The van der Waals surface area contributed by atoms with E-state index < -0.39 is 11.2 Å². The smallest absolute Gasteiger partial charge is 0.228 e. The molecule has 122 valence electrons. The van der Waals surface area contributed by atoms with Crippen molar-refractivity contribution in [3.05, 3.63) is 45.9 Å². The maximum atomic E-state index is 13.7. The lowest BCUT2D eigenvalue weighted by atomic mass is 9.78. The van der Waals surface area contributed by atoms with Gasteiger partial charge in [0.25, 0.3) is 0 Å². The van der Waals surface area contributed by atoms with Crippen molar-refractivity contribution in [2.45, 2.75) is 25.2 Å².